The minimum atomic E-state index is -0.690. The van der Waals surface area contributed by atoms with E-state index in [0.29, 0.717) is 24.1 Å². The van der Waals surface area contributed by atoms with Gasteiger partial charge in [0.2, 0.25) is 6.79 Å². The molecule has 3 rings (SSSR count). The van der Waals surface area contributed by atoms with Crippen LogP contribution in [0, 0.1) is 0 Å². The molecule has 2 aromatic carbocycles. The molecule has 0 radical (unpaired) electrons. The molecule has 3 aromatic rings. The van der Waals surface area contributed by atoms with Gasteiger partial charge in [-0.3, -0.25) is 4.98 Å². The predicted molar refractivity (Wildman–Crippen MR) is 119 cm³/mol. The summed E-state index contributed by atoms with van der Waals surface area (Å²) in [5, 5.41) is 0. The first-order valence-electron chi connectivity index (χ1n) is 10.3. The third-order valence-electron chi connectivity index (χ3n) is 4.72. The van der Waals surface area contributed by atoms with Crippen LogP contribution in [0.5, 0.6) is 0 Å². The molecule has 0 N–H and O–H groups in total. The number of carbonyl (C=O) groups is 3. The standard InChI is InChI=1S/C25H24N2O6/c1-27(16-14-21-12-7-8-15-26-21)25(30)33-18-32-24(29)22-13-6-5-11-20(22)17-31-23(28)19-9-3-2-4-10-19/h2-13,15H,14,16-18H2,1H3. The first-order valence-corrected chi connectivity index (χ1v) is 10.3. The maximum atomic E-state index is 12.5. The Bertz CT molecular complexity index is 1070. The van der Waals surface area contributed by atoms with Gasteiger partial charge in [0.25, 0.3) is 0 Å². The van der Waals surface area contributed by atoms with Crippen molar-refractivity contribution in [3.8, 4) is 0 Å². The number of aromatic nitrogens is 1. The predicted octanol–water partition coefficient (Wildman–Crippen LogP) is 3.86. The largest absolute Gasteiger partial charge is 0.457 e. The van der Waals surface area contributed by atoms with Crippen LogP contribution in [0.25, 0.3) is 0 Å². The molecule has 0 atom stereocenters. The number of pyridine rings is 1. The Hall–Kier alpha value is -4.20. The van der Waals surface area contributed by atoms with Gasteiger partial charge in [0, 0.05) is 37.5 Å². The fourth-order valence-corrected chi connectivity index (χ4v) is 2.89. The van der Waals surface area contributed by atoms with Gasteiger partial charge in [0.1, 0.15) is 6.61 Å². The maximum absolute atomic E-state index is 12.5. The lowest BCUT2D eigenvalue weighted by molar-refractivity contribution is -0.0105. The van der Waals surface area contributed by atoms with Crippen LogP contribution in [0.4, 0.5) is 4.79 Å². The van der Waals surface area contributed by atoms with Crippen molar-refractivity contribution in [2.45, 2.75) is 13.0 Å². The zero-order chi connectivity index (χ0) is 23.5. The summed E-state index contributed by atoms with van der Waals surface area (Å²) in [5.41, 5.74) is 1.97. The number of ether oxygens (including phenoxy) is 3. The van der Waals surface area contributed by atoms with E-state index in [4.69, 9.17) is 14.2 Å². The zero-order valence-corrected chi connectivity index (χ0v) is 18.2. The number of hydrogen-bond acceptors (Lipinski definition) is 7. The molecule has 0 aliphatic heterocycles. The highest BCUT2D eigenvalue weighted by molar-refractivity contribution is 5.92. The summed E-state index contributed by atoms with van der Waals surface area (Å²) < 4.78 is 15.4. The third kappa shape index (κ3) is 7.17. The first-order chi connectivity index (χ1) is 16.0. The molecule has 0 unspecified atom stereocenters. The molecule has 8 heteroatoms. The molecule has 1 heterocycles. The number of benzene rings is 2. The number of esters is 2. The van der Waals surface area contributed by atoms with Crippen LogP contribution < -0.4 is 0 Å². The van der Waals surface area contributed by atoms with Crippen molar-refractivity contribution in [2.24, 2.45) is 0 Å². The monoisotopic (exact) mass is 448 g/mol. The third-order valence-corrected chi connectivity index (χ3v) is 4.72. The van der Waals surface area contributed by atoms with Crippen LogP contribution in [0.2, 0.25) is 0 Å². The number of likely N-dealkylation sites (N-methyl/N-ethyl adjacent to an activating group) is 1. The van der Waals surface area contributed by atoms with Crippen molar-refractivity contribution in [1.29, 1.82) is 0 Å². The van der Waals surface area contributed by atoms with E-state index in [9.17, 15) is 14.4 Å². The van der Waals surface area contributed by atoms with E-state index < -0.39 is 24.8 Å². The van der Waals surface area contributed by atoms with Gasteiger partial charge in [-0.25, -0.2) is 14.4 Å². The molecule has 33 heavy (non-hydrogen) atoms. The lowest BCUT2D eigenvalue weighted by Gasteiger charge is -2.17. The first kappa shape index (κ1) is 23.5. The van der Waals surface area contributed by atoms with E-state index in [1.54, 1.807) is 67.8 Å². The maximum Gasteiger partial charge on any atom is 0.412 e. The quantitative estimate of drug-likeness (QED) is 0.362. The van der Waals surface area contributed by atoms with E-state index in [1.807, 2.05) is 18.2 Å². The molecule has 0 saturated heterocycles. The molecule has 1 aromatic heterocycles. The Labute approximate surface area is 191 Å². The zero-order valence-electron chi connectivity index (χ0n) is 18.2. The van der Waals surface area contributed by atoms with Crippen molar-refractivity contribution < 1.29 is 28.6 Å². The Morgan fingerprint density at radius 1 is 0.818 bits per heavy atom. The van der Waals surface area contributed by atoms with E-state index in [0.717, 1.165) is 5.69 Å². The highest BCUT2D eigenvalue weighted by Gasteiger charge is 2.16. The smallest absolute Gasteiger partial charge is 0.412 e. The summed E-state index contributed by atoms with van der Waals surface area (Å²) in [6.07, 6.45) is 1.64. The summed E-state index contributed by atoms with van der Waals surface area (Å²) in [7, 11) is 1.59. The average Bonchev–Trinajstić information content (AvgIpc) is 2.87. The Balaban J connectivity index is 1.46. The van der Waals surface area contributed by atoms with Gasteiger partial charge in [-0.05, 0) is 30.3 Å². The number of nitrogens with zero attached hydrogens (tertiary/aromatic N) is 2. The van der Waals surface area contributed by atoms with Crippen molar-refractivity contribution in [2.75, 3.05) is 20.4 Å². The van der Waals surface area contributed by atoms with E-state index in [-0.39, 0.29) is 12.2 Å². The number of hydrogen-bond donors (Lipinski definition) is 0. The number of amides is 1. The Morgan fingerprint density at radius 3 is 2.30 bits per heavy atom. The highest BCUT2D eigenvalue weighted by atomic mass is 16.7. The molecule has 170 valence electrons. The van der Waals surface area contributed by atoms with Crippen LogP contribution in [0.1, 0.15) is 32.0 Å². The molecular formula is C25H24N2O6. The summed E-state index contributed by atoms with van der Waals surface area (Å²) in [6.45, 7) is -0.238. The second kappa shape index (κ2) is 12.0. The lowest BCUT2D eigenvalue weighted by atomic mass is 10.1. The van der Waals surface area contributed by atoms with Crippen molar-refractivity contribution in [1.82, 2.24) is 9.88 Å². The lowest BCUT2D eigenvalue weighted by Crippen LogP contribution is -2.30. The Morgan fingerprint density at radius 2 is 1.55 bits per heavy atom. The Kier molecular flexibility index (Phi) is 8.53. The molecule has 0 aliphatic carbocycles. The second-order valence-corrected chi connectivity index (χ2v) is 7.05. The van der Waals surface area contributed by atoms with Gasteiger partial charge < -0.3 is 19.1 Å². The summed E-state index contributed by atoms with van der Waals surface area (Å²) >= 11 is 0. The van der Waals surface area contributed by atoms with Crippen molar-refractivity contribution in [3.63, 3.8) is 0 Å². The van der Waals surface area contributed by atoms with E-state index in [2.05, 4.69) is 4.98 Å². The van der Waals surface area contributed by atoms with E-state index in [1.165, 1.54) is 4.90 Å². The van der Waals surface area contributed by atoms with Crippen LogP contribution >= 0.6 is 0 Å². The normalized spacial score (nSPS) is 10.2. The van der Waals surface area contributed by atoms with Gasteiger partial charge in [0.05, 0.1) is 11.1 Å². The second-order valence-electron chi connectivity index (χ2n) is 7.05. The number of carbonyl (C=O) groups excluding carboxylic acids is 3. The fraction of sp³-hybridized carbons (Fsp3) is 0.200. The molecule has 0 spiro atoms. The van der Waals surface area contributed by atoms with Crippen LogP contribution in [-0.2, 0) is 27.2 Å². The highest BCUT2D eigenvalue weighted by Crippen LogP contribution is 2.13. The van der Waals surface area contributed by atoms with Crippen LogP contribution in [0.15, 0.2) is 79.0 Å². The molecule has 0 saturated carbocycles. The average molecular weight is 448 g/mol. The summed E-state index contributed by atoms with van der Waals surface area (Å²) in [6, 6.07) is 20.7. The van der Waals surface area contributed by atoms with Gasteiger partial charge in [-0.15, -0.1) is 0 Å². The van der Waals surface area contributed by atoms with Crippen LogP contribution in [0.3, 0.4) is 0 Å². The molecular weight excluding hydrogens is 424 g/mol. The van der Waals surface area contributed by atoms with E-state index >= 15 is 0 Å². The van der Waals surface area contributed by atoms with Gasteiger partial charge in [-0.2, -0.15) is 0 Å². The van der Waals surface area contributed by atoms with Gasteiger partial charge >= 0.3 is 18.0 Å². The molecule has 8 nitrogen and oxygen atoms in total. The summed E-state index contributed by atoms with van der Waals surface area (Å²) in [5.74, 6) is -1.19. The van der Waals surface area contributed by atoms with Crippen molar-refractivity contribution >= 4 is 18.0 Å². The van der Waals surface area contributed by atoms with Gasteiger partial charge in [-0.1, -0.05) is 42.5 Å². The molecule has 0 fully saturated rings. The topological polar surface area (TPSA) is 95.0 Å². The van der Waals surface area contributed by atoms with Crippen molar-refractivity contribution in [3.05, 3.63) is 101 Å². The molecule has 1 amide bonds. The van der Waals surface area contributed by atoms with Crippen LogP contribution in [-0.4, -0.2) is 48.3 Å². The minimum Gasteiger partial charge on any atom is -0.457 e. The SMILES string of the molecule is CN(CCc1ccccn1)C(=O)OCOC(=O)c1ccccc1COC(=O)c1ccccc1. The minimum absolute atomic E-state index is 0.102. The fourth-order valence-electron chi connectivity index (χ4n) is 2.89. The number of rotatable bonds is 9. The molecule has 0 aliphatic rings. The van der Waals surface area contributed by atoms with Gasteiger partial charge in [0.15, 0.2) is 0 Å². The summed E-state index contributed by atoms with van der Waals surface area (Å²) in [4.78, 5) is 42.3. The molecule has 0 bridgehead atoms.